The van der Waals surface area contributed by atoms with Crippen molar-refractivity contribution in [1.82, 2.24) is 14.9 Å². The minimum absolute atomic E-state index is 0.00799. The fraction of sp³-hybridized carbons (Fsp3) is 0.375. The van der Waals surface area contributed by atoms with E-state index >= 15 is 0 Å². The number of carbonyl (C=O) groups excluding carboxylic acids is 1. The van der Waals surface area contributed by atoms with Crippen LogP contribution >= 0.6 is 11.8 Å². The number of amides is 1. The molecule has 30 heavy (non-hydrogen) atoms. The molecule has 1 aliphatic rings. The number of nitrogens with zero attached hydrogens (tertiary/aromatic N) is 2. The van der Waals surface area contributed by atoms with Crippen molar-refractivity contribution in [2.75, 3.05) is 0 Å². The van der Waals surface area contributed by atoms with E-state index in [9.17, 15) is 9.59 Å². The average Bonchev–Trinajstić information content (AvgIpc) is 3.57. The summed E-state index contributed by atoms with van der Waals surface area (Å²) in [7, 11) is 0. The summed E-state index contributed by atoms with van der Waals surface area (Å²) in [5.74, 6) is -0.00799. The summed E-state index contributed by atoms with van der Waals surface area (Å²) < 4.78 is 1.64. The quantitative estimate of drug-likeness (QED) is 0.430. The molecule has 1 heterocycles. The van der Waals surface area contributed by atoms with Gasteiger partial charge >= 0.3 is 0 Å². The molecule has 3 aromatic rings. The maximum Gasteiger partial charge on any atom is 0.266 e. The van der Waals surface area contributed by atoms with Gasteiger partial charge < -0.3 is 5.32 Å². The molecule has 0 unspecified atom stereocenters. The SMILES string of the molecule is CCCCc1ccc(-n2c(S[C@H](C)C(=O)NC3CC3)nc3ccccc3c2=O)cc1. The Kier molecular flexibility index (Phi) is 6.23. The summed E-state index contributed by atoms with van der Waals surface area (Å²) in [5.41, 5.74) is 2.57. The first-order chi connectivity index (χ1) is 14.6. The van der Waals surface area contributed by atoms with Crippen LogP contribution in [0.15, 0.2) is 58.5 Å². The highest BCUT2D eigenvalue weighted by Crippen LogP contribution is 2.27. The van der Waals surface area contributed by atoms with Crippen LogP contribution < -0.4 is 10.9 Å². The van der Waals surface area contributed by atoms with Gasteiger partial charge in [-0.25, -0.2) is 4.98 Å². The number of benzene rings is 2. The lowest BCUT2D eigenvalue weighted by Gasteiger charge is -2.16. The number of hydrogen-bond acceptors (Lipinski definition) is 4. The van der Waals surface area contributed by atoms with Crippen molar-refractivity contribution in [3.05, 3.63) is 64.4 Å². The third-order valence-corrected chi connectivity index (χ3v) is 6.39. The number of rotatable bonds is 8. The largest absolute Gasteiger partial charge is 0.352 e. The standard InChI is InChI=1S/C24H27N3O2S/c1-3-4-7-17-10-14-19(15-11-17)27-23(29)20-8-5-6-9-21(20)26-24(27)30-16(2)22(28)25-18-12-13-18/h5-6,8-11,14-16,18H,3-4,7,12-13H2,1-2H3,(H,25,28)/t16-/m1/s1. The van der Waals surface area contributed by atoms with Gasteiger partial charge in [-0.15, -0.1) is 0 Å². The number of aromatic nitrogens is 2. The Morgan fingerprint density at radius 2 is 1.93 bits per heavy atom. The van der Waals surface area contributed by atoms with Crippen LogP contribution in [-0.4, -0.2) is 26.8 Å². The second kappa shape index (κ2) is 9.04. The Hall–Kier alpha value is -2.60. The number of thioether (sulfide) groups is 1. The molecule has 0 bridgehead atoms. The van der Waals surface area contributed by atoms with Crippen molar-refractivity contribution >= 4 is 28.6 Å². The topological polar surface area (TPSA) is 64.0 Å². The first-order valence-corrected chi connectivity index (χ1v) is 11.5. The molecule has 0 aliphatic heterocycles. The van der Waals surface area contributed by atoms with Crippen molar-refractivity contribution in [3.63, 3.8) is 0 Å². The van der Waals surface area contributed by atoms with E-state index in [1.54, 1.807) is 10.6 Å². The third-order valence-electron chi connectivity index (χ3n) is 5.33. The minimum atomic E-state index is -0.339. The molecule has 156 valence electrons. The number of unbranched alkanes of at least 4 members (excludes halogenated alkanes) is 1. The molecular formula is C24H27N3O2S. The van der Waals surface area contributed by atoms with Gasteiger partial charge in [-0.3, -0.25) is 14.2 Å². The maximum absolute atomic E-state index is 13.4. The number of hydrogen-bond donors (Lipinski definition) is 1. The summed E-state index contributed by atoms with van der Waals surface area (Å²) >= 11 is 1.33. The summed E-state index contributed by atoms with van der Waals surface area (Å²) in [6.07, 6.45) is 5.42. The summed E-state index contributed by atoms with van der Waals surface area (Å²) in [6.45, 7) is 4.04. The molecule has 1 atom stereocenters. The fourth-order valence-corrected chi connectivity index (χ4v) is 4.31. The van der Waals surface area contributed by atoms with E-state index in [2.05, 4.69) is 24.4 Å². The Balaban J connectivity index is 1.72. The van der Waals surface area contributed by atoms with E-state index in [4.69, 9.17) is 4.98 Å². The number of fused-ring (bicyclic) bond motifs is 1. The van der Waals surface area contributed by atoms with E-state index in [1.165, 1.54) is 17.3 Å². The van der Waals surface area contributed by atoms with Gasteiger partial charge in [0, 0.05) is 6.04 Å². The van der Waals surface area contributed by atoms with Gasteiger partial charge in [0.2, 0.25) is 5.91 Å². The Morgan fingerprint density at radius 3 is 2.63 bits per heavy atom. The molecule has 0 radical (unpaired) electrons. The van der Waals surface area contributed by atoms with Crippen LogP contribution in [-0.2, 0) is 11.2 Å². The van der Waals surface area contributed by atoms with E-state index in [0.717, 1.165) is 37.8 Å². The zero-order valence-corrected chi connectivity index (χ0v) is 18.2. The van der Waals surface area contributed by atoms with Crippen LogP contribution in [0.3, 0.4) is 0 Å². The predicted molar refractivity (Wildman–Crippen MR) is 122 cm³/mol. The summed E-state index contributed by atoms with van der Waals surface area (Å²) in [4.78, 5) is 30.6. The second-order valence-corrected chi connectivity index (χ2v) is 9.17. The smallest absolute Gasteiger partial charge is 0.266 e. The lowest BCUT2D eigenvalue weighted by molar-refractivity contribution is -0.120. The van der Waals surface area contributed by atoms with E-state index in [-0.39, 0.29) is 16.7 Å². The van der Waals surface area contributed by atoms with Gasteiger partial charge in [0.25, 0.3) is 5.56 Å². The van der Waals surface area contributed by atoms with Gasteiger partial charge in [0.15, 0.2) is 5.16 Å². The van der Waals surface area contributed by atoms with E-state index in [0.29, 0.717) is 22.1 Å². The molecule has 1 aliphatic carbocycles. The van der Waals surface area contributed by atoms with E-state index in [1.807, 2.05) is 37.3 Å². The molecule has 1 aromatic heterocycles. The number of nitrogens with one attached hydrogen (secondary N) is 1. The molecule has 0 saturated heterocycles. The van der Waals surface area contributed by atoms with Crippen LogP contribution in [0.2, 0.25) is 0 Å². The molecule has 1 amide bonds. The molecular weight excluding hydrogens is 394 g/mol. The van der Waals surface area contributed by atoms with Gasteiger partial charge in [0.1, 0.15) is 0 Å². The molecule has 0 spiro atoms. The second-order valence-electron chi connectivity index (χ2n) is 7.87. The van der Waals surface area contributed by atoms with Gasteiger partial charge in [-0.1, -0.05) is 49.4 Å². The highest BCUT2D eigenvalue weighted by molar-refractivity contribution is 8.00. The molecule has 5 nitrogen and oxygen atoms in total. The normalized spacial score (nSPS) is 14.6. The lowest BCUT2D eigenvalue weighted by Crippen LogP contribution is -2.33. The van der Waals surface area contributed by atoms with Crippen molar-refractivity contribution in [2.24, 2.45) is 0 Å². The average molecular weight is 422 g/mol. The first-order valence-electron chi connectivity index (χ1n) is 10.6. The number of para-hydroxylation sites is 1. The highest BCUT2D eigenvalue weighted by atomic mass is 32.2. The zero-order valence-electron chi connectivity index (χ0n) is 17.4. The molecule has 4 rings (SSSR count). The summed E-state index contributed by atoms with van der Waals surface area (Å²) in [6, 6.07) is 15.8. The monoisotopic (exact) mass is 421 g/mol. The van der Waals surface area contributed by atoms with Crippen LogP contribution in [0.25, 0.3) is 16.6 Å². The van der Waals surface area contributed by atoms with Crippen molar-refractivity contribution in [3.8, 4) is 5.69 Å². The molecule has 1 saturated carbocycles. The Morgan fingerprint density at radius 1 is 1.20 bits per heavy atom. The fourth-order valence-electron chi connectivity index (χ4n) is 3.37. The third kappa shape index (κ3) is 4.59. The van der Waals surface area contributed by atoms with Crippen LogP contribution in [0.5, 0.6) is 0 Å². The van der Waals surface area contributed by atoms with Crippen molar-refractivity contribution in [1.29, 1.82) is 0 Å². The van der Waals surface area contributed by atoms with Crippen LogP contribution in [0.4, 0.5) is 0 Å². The van der Waals surface area contributed by atoms with Crippen molar-refractivity contribution < 1.29 is 4.79 Å². The summed E-state index contributed by atoms with van der Waals surface area (Å²) in [5, 5.41) is 3.81. The maximum atomic E-state index is 13.4. The lowest BCUT2D eigenvalue weighted by atomic mass is 10.1. The van der Waals surface area contributed by atoms with Gasteiger partial charge in [-0.2, -0.15) is 0 Å². The van der Waals surface area contributed by atoms with Crippen LogP contribution in [0, 0.1) is 0 Å². The number of carbonyl (C=O) groups is 1. The highest BCUT2D eigenvalue weighted by Gasteiger charge is 2.27. The first kappa shape index (κ1) is 20.7. The zero-order chi connectivity index (χ0) is 21.1. The Bertz CT molecular complexity index is 1100. The molecule has 1 N–H and O–H groups in total. The number of aryl methyl sites for hydroxylation is 1. The Labute approximate surface area is 180 Å². The predicted octanol–water partition coefficient (Wildman–Crippen LogP) is 4.49. The van der Waals surface area contributed by atoms with Crippen molar-refractivity contribution in [2.45, 2.75) is 62.4 Å². The molecule has 6 heteroatoms. The van der Waals surface area contributed by atoms with Crippen LogP contribution in [0.1, 0.15) is 45.1 Å². The van der Waals surface area contributed by atoms with Gasteiger partial charge in [0.05, 0.1) is 21.8 Å². The minimum Gasteiger partial charge on any atom is -0.352 e. The van der Waals surface area contributed by atoms with E-state index < -0.39 is 0 Å². The molecule has 2 aromatic carbocycles. The van der Waals surface area contributed by atoms with Gasteiger partial charge in [-0.05, 0) is 62.4 Å². The molecule has 1 fully saturated rings.